The Morgan fingerprint density at radius 3 is 2.85 bits per heavy atom. The Hall–Kier alpha value is -0.960. The fourth-order valence-electron chi connectivity index (χ4n) is 1.34. The summed E-state index contributed by atoms with van der Waals surface area (Å²) in [4.78, 5) is 3.97. The van der Waals surface area contributed by atoms with E-state index in [2.05, 4.69) is 10.3 Å². The first-order valence-corrected chi connectivity index (χ1v) is 4.81. The topological polar surface area (TPSA) is 50.9 Å². The second-order valence-electron chi connectivity index (χ2n) is 3.37. The van der Waals surface area contributed by atoms with Crippen LogP contribution in [0.4, 0.5) is 11.4 Å². The SMILES string of the molecule is Nc1cc(Cl)ncc1NC1CCC1. The molecule has 0 amide bonds. The number of anilines is 2. The fourth-order valence-corrected chi connectivity index (χ4v) is 1.50. The van der Waals surface area contributed by atoms with Crippen molar-refractivity contribution in [3.8, 4) is 0 Å². The monoisotopic (exact) mass is 197 g/mol. The summed E-state index contributed by atoms with van der Waals surface area (Å²) in [5.41, 5.74) is 7.33. The Morgan fingerprint density at radius 1 is 1.54 bits per heavy atom. The van der Waals surface area contributed by atoms with Crippen LogP contribution in [0.1, 0.15) is 19.3 Å². The van der Waals surface area contributed by atoms with Gasteiger partial charge in [-0.1, -0.05) is 11.6 Å². The molecule has 70 valence electrons. The highest BCUT2D eigenvalue weighted by Crippen LogP contribution is 2.26. The molecule has 0 saturated heterocycles. The van der Waals surface area contributed by atoms with Gasteiger partial charge in [0.05, 0.1) is 17.6 Å². The smallest absolute Gasteiger partial charge is 0.131 e. The van der Waals surface area contributed by atoms with E-state index in [0.29, 0.717) is 16.9 Å². The number of hydrogen-bond acceptors (Lipinski definition) is 3. The Balaban J connectivity index is 2.10. The highest BCUT2D eigenvalue weighted by atomic mass is 35.5. The zero-order chi connectivity index (χ0) is 9.26. The number of nitrogens with two attached hydrogens (primary N) is 1. The summed E-state index contributed by atoms with van der Waals surface area (Å²) < 4.78 is 0. The van der Waals surface area contributed by atoms with Gasteiger partial charge in [-0.15, -0.1) is 0 Å². The molecular formula is C9H12ClN3. The molecule has 0 aliphatic heterocycles. The zero-order valence-corrected chi connectivity index (χ0v) is 8.01. The average molecular weight is 198 g/mol. The van der Waals surface area contributed by atoms with Crippen molar-refractivity contribution in [1.82, 2.24) is 4.98 Å². The second kappa shape index (κ2) is 3.42. The van der Waals surface area contributed by atoms with Crippen LogP contribution in [0, 0.1) is 0 Å². The molecule has 0 bridgehead atoms. The van der Waals surface area contributed by atoms with Gasteiger partial charge in [-0.3, -0.25) is 0 Å². The van der Waals surface area contributed by atoms with Crippen molar-refractivity contribution in [2.24, 2.45) is 0 Å². The van der Waals surface area contributed by atoms with Gasteiger partial charge < -0.3 is 11.1 Å². The number of rotatable bonds is 2. The standard InChI is InChI=1S/C9H12ClN3/c10-9-4-7(11)8(5-12-9)13-6-2-1-3-6/h4-6,13H,1-3H2,(H2,11,12). The molecular weight excluding hydrogens is 186 g/mol. The summed E-state index contributed by atoms with van der Waals surface area (Å²) in [5.74, 6) is 0. The van der Waals surface area contributed by atoms with E-state index in [4.69, 9.17) is 17.3 Å². The van der Waals surface area contributed by atoms with Gasteiger partial charge in [-0.05, 0) is 19.3 Å². The first-order chi connectivity index (χ1) is 6.25. The molecule has 0 radical (unpaired) electrons. The average Bonchev–Trinajstić information content (AvgIpc) is 1.99. The van der Waals surface area contributed by atoms with Gasteiger partial charge in [0, 0.05) is 12.1 Å². The first kappa shape index (κ1) is 8.63. The van der Waals surface area contributed by atoms with E-state index in [0.717, 1.165) is 5.69 Å². The second-order valence-corrected chi connectivity index (χ2v) is 3.75. The normalized spacial score (nSPS) is 16.7. The molecule has 1 aliphatic rings. The van der Waals surface area contributed by atoms with E-state index in [1.165, 1.54) is 19.3 Å². The number of aromatic nitrogens is 1. The third-order valence-corrected chi connectivity index (χ3v) is 2.57. The van der Waals surface area contributed by atoms with Crippen molar-refractivity contribution in [3.63, 3.8) is 0 Å². The molecule has 13 heavy (non-hydrogen) atoms. The van der Waals surface area contributed by atoms with Gasteiger partial charge in [-0.2, -0.15) is 0 Å². The fraction of sp³-hybridized carbons (Fsp3) is 0.444. The minimum absolute atomic E-state index is 0.441. The van der Waals surface area contributed by atoms with Crippen molar-refractivity contribution >= 4 is 23.0 Å². The van der Waals surface area contributed by atoms with Crippen LogP contribution in [-0.2, 0) is 0 Å². The van der Waals surface area contributed by atoms with Crippen molar-refractivity contribution in [1.29, 1.82) is 0 Å². The maximum Gasteiger partial charge on any atom is 0.131 e. The first-order valence-electron chi connectivity index (χ1n) is 4.43. The molecule has 3 nitrogen and oxygen atoms in total. The summed E-state index contributed by atoms with van der Waals surface area (Å²) in [5, 5.41) is 3.77. The van der Waals surface area contributed by atoms with E-state index in [-0.39, 0.29) is 0 Å². The molecule has 2 rings (SSSR count). The molecule has 1 aromatic heterocycles. The summed E-state index contributed by atoms with van der Waals surface area (Å²) in [6.45, 7) is 0. The molecule has 1 aliphatic carbocycles. The molecule has 0 spiro atoms. The summed E-state index contributed by atoms with van der Waals surface area (Å²) in [7, 11) is 0. The number of nitrogens with zero attached hydrogens (tertiary/aromatic N) is 1. The lowest BCUT2D eigenvalue weighted by atomic mass is 9.93. The predicted molar refractivity (Wildman–Crippen MR) is 54.9 cm³/mol. The molecule has 0 unspecified atom stereocenters. The van der Waals surface area contributed by atoms with Gasteiger partial charge >= 0.3 is 0 Å². The van der Waals surface area contributed by atoms with Gasteiger partial charge in [0.2, 0.25) is 0 Å². The quantitative estimate of drug-likeness (QED) is 0.716. The minimum atomic E-state index is 0.441. The number of nitrogen functional groups attached to an aromatic ring is 1. The van der Waals surface area contributed by atoms with E-state index in [1.807, 2.05) is 0 Å². The van der Waals surface area contributed by atoms with Crippen LogP contribution < -0.4 is 11.1 Å². The van der Waals surface area contributed by atoms with Crippen molar-refractivity contribution in [2.45, 2.75) is 25.3 Å². The van der Waals surface area contributed by atoms with Crippen LogP contribution in [-0.4, -0.2) is 11.0 Å². The van der Waals surface area contributed by atoms with Crippen LogP contribution in [0.25, 0.3) is 0 Å². The summed E-state index contributed by atoms with van der Waals surface area (Å²) in [6.07, 6.45) is 5.44. The van der Waals surface area contributed by atoms with Gasteiger partial charge in [-0.25, -0.2) is 4.98 Å². The predicted octanol–water partition coefficient (Wildman–Crippen LogP) is 2.28. The van der Waals surface area contributed by atoms with Gasteiger partial charge in [0.15, 0.2) is 0 Å². The molecule has 1 fully saturated rings. The Morgan fingerprint density at radius 2 is 2.31 bits per heavy atom. The summed E-state index contributed by atoms with van der Waals surface area (Å²) in [6, 6.07) is 2.24. The summed E-state index contributed by atoms with van der Waals surface area (Å²) >= 11 is 5.68. The highest BCUT2D eigenvalue weighted by Gasteiger charge is 2.17. The highest BCUT2D eigenvalue weighted by molar-refractivity contribution is 6.29. The molecule has 1 saturated carbocycles. The Bertz CT molecular complexity index is 310. The molecule has 0 atom stereocenters. The third kappa shape index (κ3) is 1.86. The van der Waals surface area contributed by atoms with Crippen LogP contribution in [0.15, 0.2) is 12.3 Å². The van der Waals surface area contributed by atoms with E-state index in [1.54, 1.807) is 12.3 Å². The maximum atomic E-state index is 5.76. The van der Waals surface area contributed by atoms with Crippen LogP contribution in [0.2, 0.25) is 5.15 Å². The zero-order valence-electron chi connectivity index (χ0n) is 7.26. The number of pyridine rings is 1. The van der Waals surface area contributed by atoms with Crippen molar-refractivity contribution in [3.05, 3.63) is 17.4 Å². The lowest BCUT2D eigenvalue weighted by molar-refractivity contribution is 0.445. The van der Waals surface area contributed by atoms with Gasteiger partial charge in [0.1, 0.15) is 5.15 Å². The lowest BCUT2D eigenvalue weighted by Gasteiger charge is -2.27. The van der Waals surface area contributed by atoms with E-state index >= 15 is 0 Å². The van der Waals surface area contributed by atoms with Crippen LogP contribution >= 0.6 is 11.6 Å². The molecule has 1 heterocycles. The third-order valence-electron chi connectivity index (χ3n) is 2.37. The Labute approximate surface area is 82.3 Å². The van der Waals surface area contributed by atoms with Crippen molar-refractivity contribution < 1.29 is 0 Å². The molecule has 1 aromatic rings. The van der Waals surface area contributed by atoms with Crippen LogP contribution in [0.5, 0.6) is 0 Å². The van der Waals surface area contributed by atoms with E-state index < -0.39 is 0 Å². The minimum Gasteiger partial charge on any atom is -0.397 e. The maximum absolute atomic E-state index is 5.76. The lowest BCUT2D eigenvalue weighted by Crippen LogP contribution is -2.27. The molecule has 0 aromatic carbocycles. The number of nitrogens with one attached hydrogen (secondary N) is 1. The van der Waals surface area contributed by atoms with Crippen molar-refractivity contribution in [2.75, 3.05) is 11.1 Å². The largest absolute Gasteiger partial charge is 0.397 e. The molecule has 4 heteroatoms. The van der Waals surface area contributed by atoms with E-state index in [9.17, 15) is 0 Å². The number of halogens is 1. The number of hydrogen-bond donors (Lipinski definition) is 2. The van der Waals surface area contributed by atoms with Crippen LogP contribution in [0.3, 0.4) is 0 Å². The van der Waals surface area contributed by atoms with Gasteiger partial charge in [0.25, 0.3) is 0 Å². The molecule has 3 N–H and O–H groups in total. The Kier molecular flexibility index (Phi) is 2.27.